The Bertz CT molecular complexity index is 1050. The first-order valence-corrected chi connectivity index (χ1v) is 10.8. The van der Waals surface area contributed by atoms with Gasteiger partial charge < -0.3 is 10.2 Å². The number of aryl methyl sites for hydroxylation is 1. The van der Waals surface area contributed by atoms with Crippen LogP contribution in [0.2, 0.25) is 0 Å². The van der Waals surface area contributed by atoms with Crippen molar-refractivity contribution in [2.24, 2.45) is 5.41 Å². The zero-order valence-corrected chi connectivity index (χ0v) is 18.1. The molecular weight excluding hydrogens is 374 g/mol. The SMILES string of the molecule is CC(C)(C)CCn1c(=O)ccc2cnc(N(c3ccccc3)C3CCNCC3)nc21. The number of piperidine rings is 1. The molecule has 0 atom stereocenters. The highest BCUT2D eigenvalue weighted by molar-refractivity contribution is 5.76. The summed E-state index contributed by atoms with van der Waals surface area (Å²) in [5.74, 6) is 0.663. The van der Waals surface area contributed by atoms with Crippen molar-refractivity contribution in [2.45, 2.75) is 52.6 Å². The molecule has 0 radical (unpaired) electrons. The maximum Gasteiger partial charge on any atom is 0.252 e. The highest BCUT2D eigenvalue weighted by Crippen LogP contribution is 2.29. The molecule has 3 heterocycles. The molecule has 1 saturated heterocycles. The number of aromatic nitrogens is 3. The Hall–Kier alpha value is -2.73. The second kappa shape index (κ2) is 8.56. The van der Waals surface area contributed by atoms with E-state index < -0.39 is 0 Å². The molecule has 3 aromatic rings. The fourth-order valence-electron chi connectivity index (χ4n) is 3.98. The third-order valence-corrected chi connectivity index (χ3v) is 5.72. The summed E-state index contributed by atoms with van der Waals surface area (Å²) in [6.07, 6.45) is 4.81. The topological polar surface area (TPSA) is 63.1 Å². The van der Waals surface area contributed by atoms with E-state index in [9.17, 15) is 4.79 Å². The zero-order valence-electron chi connectivity index (χ0n) is 18.1. The van der Waals surface area contributed by atoms with E-state index >= 15 is 0 Å². The zero-order chi connectivity index (χ0) is 21.1. The maximum atomic E-state index is 12.7. The van der Waals surface area contributed by atoms with Crippen LogP contribution in [-0.2, 0) is 6.54 Å². The molecule has 0 saturated carbocycles. The van der Waals surface area contributed by atoms with Crippen molar-refractivity contribution in [3.63, 3.8) is 0 Å². The largest absolute Gasteiger partial charge is 0.317 e. The number of rotatable bonds is 5. The molecule has 2 aromatic heterocycles. The second-order valence-electron chi connectivity index (χ2n) is 9.27. The van der Waals surface area contributed by atoms with Crippen molar-refractivity contribution in [3.05, 3.63) is 59.0 Å². The first-order chi connectivity index (χ1) is 14.4. The summed E-state index contributed by atoms with van der Waals surface area (Å²) in [4.78, 5) is 24.6. The molecule has 6 nitrogen and oxygen atoms in total. The van der Waals surface area contributed by atoms with Gasteiger partial charge in [-0.25, -0.2) is 4.98 Å². The maximum absolute atomic E-state index is 12.7. The molecule has 0 bridgehead atoms. The minimum Gasteiger partial charge on any atom is -0.317 e. The smallest absolute Gasteiger partial charge is 0.252 e. The predicted octanol–water partition coefficient (Wildman–Crippen LogP) is 4.12. The third kappa shape index (κ3) is 4.54. The Morgan fingerprint density at radius 2 is 1.83 bits per heavy atom. The standard InChI is InChI=1S/C24H31N5O/c1-24(2,3)13-16-28-21(30)10-9-18-17-26-23(27-22(18)28)29(19-7-5-4-6-8-19)20-11-14-25-15-12-20/h4-10,17,20,25H,11-16H2,1-3H3. The molecule has 1 aliphatic heterocycles. The Morgan fingerprint density at radius 3 is 2.53 bits per heavy atom. The Balaban J connectivity index is 1.80. The van der Waals surface area contributed by atoms with Crippen LogP contribution in [0.4, 0.5) is 11.6 Å². The van der Waals surface area contributed by atoms with Crippen LogP contribution in [-0.4, -0.2) is 33.7 Å². The van der Waals surface area contributed by atoms with Gasteiger partial charge in [-0.05, 0) is 56.0 Å². The van der Waals surface area contributed by atoms with E-state index in [-0.39, 0.29) is 11.0 Å². The molecule has 158 valence electrons. The van der Waals surface area contributed by atoms with Crippen LogP contribution in [0, 0.1) is 5.41 Å². The molecule has 0 amide bonds. The highest BCUT2D eigenvalue weighted by atomic mass is 16.1. The highest BCUT2D eigenvalue weighted by Gasteiger charge is 2.25. The van der Waals surface area contributed by atoms with E-state index in [4.69, 9.17) is 9.97 Å². The molecule has 1 fully saturated rings. The van der Waals surface area contributed by atoms with E-state index in [1.54, 1.807) is 10.6 Å². The number of fused-ring (bicyclic) bond motifs is 1. The van der Waals surface area contributed by atoms with Crippen molar-refractivity contribution >= 4 is 22.7 Å². The van der Waals surface area contributed by atoms with Gasteiger partial charge in [-0.15, -0.1) is 0 Å². The van der Waals surface area contributed by atoms with Gasteiger partial charge in [-0.3, -0.25) is 9.36 Å². The van der Waals surface area contributed by atoms with E-state index in [1.807, 2.05) is 30.5 Å². The molecular formula is C24H31N5O. The molecule has 0 spiro atoms. The monoisotopic (exact) mass is 405 g/mol. The first kappa shape index (κ1) is 20.5. The number of nitrogens with zero attached hydrogens (tertiary/aromatic N) is 4. The molecule has 1 aliphatic rings. The molecule has 0 unspecified atom stereocenters. The molecule has 6 heteroatoms. The number of benzene rings is 1. The van der Waals surface area contributed by atoms with Crippen LogP contribution < -0.4 is 15.8 Å². The summed E-state index contributed by atoms with van der Waals surface area (Å²) in [6, 6.07) is 14.1. The van der Waals surface area contributed by atoms with Gasteiger partial charge in [0.05, 0.1) is 0 Å². The number of hydrogen-bond acceptors (Lipinski definition) is 5. The molecule has 1 aromatic carbocycles. The van der Waals surface area contributed by atoms with Gasteiger partial charge in [-0.2, -0.15) is 4.98 Å². The minimum atomic E-state index is -0.00970. The molecule has 0 aliphatic carbocycles. The third-order valence-electron chi connectivity index (χ3n) is 5.72. The lowest BCUT2D eigenvalue weighted by Gasteiger charge is -2.34. The predicted molar refractivity (Wildman–Crippen MR) is 122 cm³/mol. The number of para-hydroxylation sites is 1. The summed E-state index contributed by atoms with van der Waals surface area (Å²) in [5, 5.41) is 4.33. The lowest BCUT2D eigenvalue weighted by Crippen LogP contribution is -2.41. The van der Waals surface area contributed by atoms with Gasteiger partial charge in [0.25, 0.3) is 5.56 Å². The number of hydrogen-bond donors (Lipinski definition) is 1. The number of pyridine rings is 1. The van der Waals surface area contributed by atoms with Crippen molar-refractivity contribution in [3.8, 4) is 0 Å². The van der Waals surface area contributed by atoms with Gasteiger partial charge in [0.15, 0.2) is 0 Å². The Kier molecular flexibility index (Phi) is 5.86. The Labute approximate surface area is 178 Å². The van der Waals surface area contributed by atoms with Gasteiger partial charge in [0.1, 0.15) is 5.65 Å². The van der Waals surface area contributed by atoms with Gasteiger partial charge >= 0.3 is 0 Å². The summed E-state index contributed by atoms with van der Waals surface area (Å²) < 4.78 is 1.80. The van der Waals surface area contributed by atoms with Gasteiger partial charge in [-0.1, -0.05) is 39.0 Å². The van der Waals surface area contributed by atoms with Crippen LogP contribution in [0.25, 0.3) is 11.0 Å². The van der Waals surface area contributed by atoms with Crippen LogP contribution in [0.15, 0.2) is 53.5 Å². The van der Waals surface area contributed by atoms with E-state index in [0.29, 0.717) is 24.2 Å². The first-order valence-electron chi connectivity index (χ1n) is 10.8. The van der Waals surface area contributed by atoms with Crippen molar-refractivity contribution in [1.29, 1.82) is 0 Å². The van der Waals surface area contributed by atoms with Crippen molar-refractivity contribution in [2.75, 3.05) is 18.0 Å². The van der Waals surface area contributed by atoms with Crippen molar-refractivity contribution < 1.29 is 0 Å². The molecule has 30 heavy (non-hydrogen) atoms. The number of anilines is 2. The average molecular weight is 406 g/mol. The fraction of sp³-hybridized carbons (Fsp3) is 0.458. The van der Waals surface area contributed by atoms with Crippen LogP contribution in [0.5, 0.6) is 0 Å². The quantitative estimate of drug-likeness (QED) is 0.692. The van der Waals surface area contributed by atoms with E-state index in [2.05, 4.69) is 43.1 Å². The molecule has 1 N–H and O–H groups in total. The lowest BCUT2D eigenvalue weighted by molar-refractivity contribution is 0.350. The second-order valence-corrected chi connectivity index (χ2v) is 9.27. The van der Waals surface area contributed by atoms with Crippen LogP contribution >= 0.6 is 0 Å². The minimum absolute atomic E-state index is 0.00970. The van der Waals surface area contributed by atoms with Crippen LogP contribution in [0.1, 0.15) is 40.0 Å². The normalized spacial score (nSPS) is 15.4. The van der Waals surface area contributed by atoms with Gasteiger partial charge in [0.2, 0.25) is 5.95 Å². The summed E-state index contributed by atoms with van der Waals surface area (Å²) in [7, 11) is 0. The van der Waals surface area contributed by atoms with E-state index in [1.165, 1.54) is 0 Å². The average Bonchev–Trinajstić information content (AvgIpc) is 2.74. The summed E-state index contributed by atoms with van der Waals surface area (Å²) in [6.45, 7) is 9.19. The van der Waals surface area contributed by atoms with Gasteiger partial charge in [0, 0.05) is 35.9 Å². The van der Waals surface area contributed by atoms with Crippen molar-refractivity contribution in [1.82, 2.24) is 19.9 Å². The molecule has 4 rings (SSSR count). The van der Waals surface area contributed by atoms with Crippen LogP contribution in [0.3, 0.4) is 0 Å². The fourth-order valence-corrected chi connectivity index (χ4v) is 3.98. The van der Waals surface area contributed by atoms with E-state index in [0.717, 1.165) is 43.4 Å². The Morgan fingerprint density at radius 1 is 1.10 bits per heavy atom. The summed E-state index contributed by atoms with van der Waals surface area (Å²) in [5.41, 5.74) is 1.93. The number of nitrogens with one attached hydrogen (secondary N) is 1. The lowest BCUT2D eigenvalue weighted by atomic mass is 9.92. The summed E-state index contributed by atoms with van der Waals surface area (Å²) >= 11 is 0.